The van der Waals surface area contributed by atoms with E-state index in [0.717, 1.165) is 23.7 Å². The van der Waals surface area contributed by atoms with Crippen LogP contribution in [0.3, 0.4) is 0 Å². The SMILES string of the molecule is CC(C)c1ccc([C@@H](N[C@@H](C)c2ccccc2)[P@](=O)(c2ccccc2)C2C[C@H](C)CC[C@H]2C(C)C)cc1. The molecule has 4 rings (SSSR count). The molecule has 0 saturated heterocycles. The molecule has 1 N–H and O–H groups in total. The summed E-state index contributed by atoms with van der Waals surface area (Å²) in [4.78, 5) is 0. The van der Waals surface area contributed by atoms with Crippen LogP contribution in [0.4, 0.5) is 0 Å². The number of nitrogens with one attached hydrogen (secondary N) is 1. The summed E-state index contributed by atoms with van der Waals surface area (Å²) < 4.78 is 16.1. The molecule has 0 bridgehead atoms. The number of hydrogen-bond acceptors (Lipinski definition) is 2. The Labute approximate surface area is 225 Å². The third-order valence-corrected chi connectivity index (χ3v) is 12.5. The summed E-state index contributed by atoms with van der Waals surface area (Å²) in [7, 11) is -2.95. The van der Waals surface area contributed by atoms with E-state index in [0.29, 0.717) is 23.7 Å². The van der Waals surface area contributed by atoms with Gasteiger partial charge in [-0.2, -0.15) is 0 Å². The molecule has 1 saturated carbocycles. The predicted molar refractivity (Wildman–Crippen MR) is 160 cm³/mol. The minimum Gasteiger partial charge on any atom is -0.316 e. The van der Waals surface area contributed by atoms with E-state index in [9.17, 15) is 0 Å². The Morgan fingerprint density at radius 2 is 1.30 bits per heavy atom. The monoisotopic (exact) mass is 515 g/mol. The van der Waals surface area contributed by atoms with E-state index in [1.807, 2.05) is 6.07 Å². The zero-order valence-corrected chi connectivity index (χ0v) is 24.5. The van der Waals surface area contributed by atoms with Crippen molar-refractivity contribution >= 4 is 12.4 Å². The van der Waals surface area contributed by atoms with Gasteiger partial charge in [0, 0.05) is 17.0 Å². The smallest absolute Gasteiger partial charge is 0.139 e. The van der Waals surface area contributed by atoms with Gasteiger partial charge in [-0.25, -0.2) is 0 Å². The first-order chi connectivity index (χ1) is 17.7. The van der Waals surface area contributed by atoms with Gasteiger partial charge in [-0.05, 0) is 60.1 Å². The van der Waals surface area contributed by atoms with Gasteiger partial charge >= 0.3 is 0 Å². The lowest BCUT2D eigenvalue weighted by Gasteiger charge is -2.45. The van der Waals surface area contributed by atoms with Crippen molar-refractivity contribution in [1.29, 1.82) is 0 Å². The zero-order valence-electron chi connectivity index (χ0n) is 23.6. The van der Waals surface area contributed by atoms with Crippen molar-refractivity contribution in [2.75, 3.05) is 0 Å². The summed E-state index contributed by atoms with van der Waals surface area (Å²) in [6.07, 6.45) is 3.42. The molecule has 3 aromatic rings. The fourth-order valence-electron chi connectivity index (χ4n) is 6.35. The molecule has 1 aliphatic rings. The molecule has 6 atom stereocenters. The van der Waals surface area contributed by atoms with Gasteiger partial charge in [0.2, 0.25) is 0 Å². The minimum absolute atomic E-state index is 0.0755. The van der Waals surface area contributed by atoms with Crippen molar-refractivity contribution in [1.82, 2.24) is 5.32 Å². The van der Waals surface area contributed by atoms with Crippen molar-refractivity contribution in [2.24, 2.45) is 17.8 Å². The second-order valence-corrected chi connectivity index (χ2v) is 15.1. The topological polar surface area (TPSA) is 29.1 Å². The molecule has 0 radical (unpaired) electrons. The van der Waals surface area contributed by atoms with Gasteiger partial charge < -0.3 is 4.57 Å². The van der Waals surface area contributed by atoms with Crippen LogP contribution >= 0.6 is 7.14 Å². The summed E-state index contributed by atoms with van der Waals surface area (Å²) in [5.74, 6) is 1.77. The van der Waals surface area contributed by atoms with E-state index in [-0.39, 0.29) is 17.5 Å². The Balaban J connectivity index is 1.89. The Bertz CT molecular complexity index is 1160. The van der Waals surface area contributed by atoms with Gasteiger partial charge in [0.25, 0.3) is 0 Å². The molecule has 37 heavy (non-hydrogen) atoms. The highest BCUT2D eigenvalue weighted by Gasteiger charge is 2.49. The van der Waals surface area contributed by atoms with E-state index in [2.05, 4.69) is 126 Å². The van der Waals surface area contributed by atoms with Crippen LogP contribution < -0.4 is 10.6 Å². The lowest BCUT2D eigenvalue weighted by molar-refractivity contribution is 0.235. The van der Waals surface area contributed by atoms with Crippen LogP contribution in [-0.4, -0.2) is 5.66 Å². The standard InChI is InChI=1S/C34H46NOP/c1-24(2)28-18-20-30(21-19-28)34(35-27(6)29-13-9-7-10-14-29)37(36,31-15-11-8-12-16-31)33-23-26(5)17-22-32(33)25(3)4/h7-16,18-21,24-27,32-35H,17,22-23H2,1-6H3/t26-,27+,32+,33?,34+,37+/m1/s1. The average molecular weight is 516 g/mol. The molecule has 1 unspecified atom stereocenters. The zero-order chi connectivity index (χ0) is 26.6. The second-order valence-electron chi connectivity index (χ2n) is 12.0. The number of benzene rings is 3. The maximum absolute atomic E-state index is 16.1. The van der Waals surface area contributed by atoms with E-state index in [1.165, 1.54) is 17.5 Å². The van der Waals surface area contributed by atoms with E-state index in [1.54, 1.807) is 0 Å². The van der Waals surface area contributed by atoms with Crippen molar-refractivity contribution in [3.05, 3.63) is 102 Å². The minimum atomic E-state index is -2.95. The molecule has 3 heteroatoms. The summed E-state index contributed by atoms with van der Waals surface area (Å²) in [6.45, 7) is 13.7. The summed E-state index contributed by atoms with van der Waals surface area (Å²) in [6, 6.07) is 30.0. The molecule has 1 fully saturated rings. The Morgan fingerprint density at radius 3 is 1.86 bits per heavy atom. The molecule has 0 spiro atoms. The van der Waals surface area contributed by atoms with E-state index < -0.39 is 7.14 Å². The van der Waals surface area contributed by atoms with E-state index in [4.69, 9.17) is 0 Å². The highest BCUT2D eigenvalue weighted by molar-refractivity contribution is 7.72. The first kappa shape index (κ1) is 27.9. The van der Waals surface area contributed by atoms with Crippen molar-refractivity contribution in [3.63, 3.8) is 0 Å². The predicted octanol–water partition coefficient (Wildman–Crippen LogP) is 9.31. The second kappa shape index (κ2) is 12.1. The third kappa shape index (κ3) is 6.13. The van der Waals surface area contributed by atoms with Crippen molar-refractivity contribution in [3.8, 4) is 0 Å². The first-order valence-corrected chi connectivity index (χ1v) is 16.1. The molecule has 0 amide bonds. The first-order valence-electron chi connectivity index (χ1n) is 14.3. The van der Waals surface area contributed by atoms with Gasteiger partial charge in [0.15, 0.2) is 0 Å². The molecule has 0 aromatic heterocycles. The van der Waals surface area contributed by atoms with Crippen LogP contribution in [0.1, 0.15) is 95.2 Å². The van der Waals surface area contributed by atoms with Crippen LogP contribution in [0.2, 0.25) is 0 Å². The van der Waals surface area contributed by atoms with Crippen LogP contribution in [0.5, 0.6) is 0 Å². The van der Waals surface area contributed by atoms with Gasteiger partial charge in [-0.15, -0.1) is 0 Å². The Hall–Kier alpha value is -2.15. The van der Waals surface area contributed by atoms with E-state index >= 15 is 4.57 Å². The van der Waals surface area contributed by atoms with Crippen LogP contribution in [0, 0.1) is 17.8 Å². The Morgan fingerprint density at radius 1 is 0.730 bits per heavy atom. The highest BCUT2D eigenvalue weighted by atomic mass is 31.2. The molecule has 2 nitrogen and oxygen atoms in total. The molecule has 1 aliphatic carbocycles. The quantitative estimate of drug-likeness (QED) is 0.288. The van der Waals surface area contributed by atoms with Crippen LogP contribution in [0.25, 0.3) is 0 Å². The number of rotatable bonds is 9. The Kier molecular flexibility index (Phi) is 9.15. The van der Waals surface area contributed by atoms with Crippen LogP contribution in [0.15, 0.2) is 84.9 Å². The molecular weight excluding hydrogens is 469 g/mol. The maximum Gasteiger partial charge on any atom is 0.139 e. The lowest BCUT2D eigenvalue weighted by Crippen LogP contribution is -2.39. The summed E-state index contributed by atoms with van der Waals surface area (Å²) in [5.41, 5.74) is 3.84. The van der Waals surface area contributed by atoms with Crippen molar-refractivity contribution < 1.29 is 4.57 Å². The normalized spacial score (nSPS) is 23.5. The number of hydrogen-bond donors (Lipinski definition) is 1. The fourth-order valence-corrected chi connectivity index (χ4v) is 10.8. The largest absolute Gasteiger partial charge is 0.316 e. The van der Waals surface area contributed by atoms with Gasteiger partial charge in [0.05, 0.1) is 5.78 Å². The summed E-state index contributed by atoms with van der Waals surface area (Å²) >= 11 is 0. The lowest BCUT2D eigenvalue weighted by atomic mass is 9.77. The average Bonchev–Trinajstić information content (AvgIpc) is 2.92. The fraction of sp³-hybridized carbons (Fsp3) is 0.471. The molecule has 0 heterocycles. The molecule has 0 aliphatic heterocycles. The van der Waals surface area contributed by atoms with Crippen LogP contribution in [-0.2, 0) is 4.57 Å². The van der Waals surface area contributed by atoms with Gasteiger partial charge in [-0.1, -0.05) is 126 Å². The molecule has 198 valence electrons. The van der Waals surface area contributed by atoms with Gasteiger partial charge in [-0.3, -0.25) is 5.32 Å². The highest BCUT2D eigenvalue weighted by Crippen LogP contribution is 2.66. The van der Waals surface area contributed by atoms with Crippen molar-refractivity contribution in [2.45, 2.75) is 84.2 Å². The molecule has 3 aromatic carbocycles. The van der Waals surface area contributed by atoms with Gasteiger partial charge in [0.1, 0.15) is 7.14 Å². The molecular formula is C34H46NOP. The summed E-state index contributed by atoms with van der Waals surface area (Å²) in [5, 5.41) is 4.96. The maximum atomic E-state index is 16.1. The third-order valence-electron chi connectivity index (χ3n) is 8.65.